The van der Waals surface area contributed by atoms with E-state index in [4.69, 9.17) is 11.6 Å². The Labute approximate surface area is 160 Å². The molecule has 0 saturated heterocycles. The Bertz CT molecular complexity index is 847. The largest absolute Gasteiger partial charge is 0.326 e. The third-order valence-electron chi connectivity index (χ3n) is 3.45. The van der Waals surface area contributed by atoms with Gasteiger partial charge in [-0.3, -0.25) is 14.9 Å². The number of likely N-dealkylation sites (N-methyl/N-ethyl adjacent to an activating group) is 1. The lowest BCUT2D eigenvalue weighted by Gasteiger charge is -2.14. The third-order valence-corrected chi connectivity index (χ3v) is 3.78. The topological polar surface area (TPSA) is 91.7 Å². The van der Waals surface area contributed by atoms with Crippen LogP contribution in [0.4, 0.5) is 20.6 Å². The number of hydrogen-bond acceptors (Lipinski definition) is 3. The monoisotopic (exact) mass is 393 g/mol. The molecule has 0 bridgehead atoms. The first-order valence-corrected chi connectivity index (χ1v) is 8.44. The number of amides is 4. The Morgan fingerprint density at radius 3 is 2.19 bits per heavy atom. The van der Waals surface area contributed by atoms with Crippen molar-refractivity contribution in [1.82, 2.24) is 5.32 Å². The van der Waals surface area contributed by atoms with Crippen LogP contribution in [0.1, 0.15) is 0 Å². The lowest BCUT2D eigenvalue weighted by atomic mass is 10.3. The molecule has 2 aromatic rings. The number of anilines is 2. The lowest BCUT2D eigenvalue weighted by Crippen LogP contribution is -3.11. The van der Waals surface area contributed by atoms with Gasteiger partial charge in [0.15, 0.2) is 13.1 Å². The SMILES string of the molecule is C[NH+](CC(=O)NC(=O)Nc1ccccc1F)CC(=O)Nc1ccccc1Cl. The zero-order valence-electron chi connectivity index (χ0n) is 14.5. The van der Waals surface area contributed by atoms with Gasteiger partial charge in [0.05, 0.1) is 23.4 Å². The van der Waals surface area contributed by atoms with E-state index in [0.29, 0.717) is 15.6 Å². The maximum Gasteiger partial charge on any atom is 0.326 e. The minimum absolute atomic E-state index is 0.00637. The van der Waals surface area contributed by atoms with Gasteiger partial charge < -0.3 is 15.5 Å². The highest BCUT2D eigenvalue weighted by atomic mass is 35.5. The standard InChI is InChI=1S/C18H18ClFN4O3/c1-24(10-16(25)21-14-8-4-2-6-12(14)19)11-17(26)23-18(27)22-15-9-5-3-7-13(15)20/h2-9H,10-11H2,1H3,(H,21,25)(H2,22,23,26,27)/p+1. The molecule has 9 heteroatoms. The summed E-state index contributed by atoms with van der Waals surface area (Å²) in [5, 5.41) is 7.39. The van der Waals surface area contributed by atoms with Crippen molar-refractivity contribution in [3.05, 3.63) is 59.4 Å². The number of nitrogens with one attached hydrogen (secondary N) is 4. The molecule has 142 valence electrons. The number of hydrogen-bond donors (Lipinski definition) is 4. The summed E-state index contributed by atoms with van der Waals surface area (Å²) < 4.78 is 13.5. The van der Waals surface area contributed by atoms with E-state index in [9.17, 15) is 18.8 Å². The number of urea groups is 1. The summed E-state index contributed by atoms with van der Waals surface area (Å²) in [5.74, 6) is -1.55. The molecule has 0 aliphatic heterocycles. The first-order chi connectivity index (χ1) is 12.8. The van der Waals surface area contributed by atoms with Crippen molar-refractivity contribution in [2.24, 2.45) is 0 Å². The van der Waals surface area contributed by atoms with Crippen LogP contribution in [0.3, 0.4) is 0 Å². The molecule has 7 nitrogen and oxygen atoms in total. The van der Waals surface area contributed by atoms with E-state index in [1.54, 1.807) is 37.4 Å². The molecule has 1 unspecified atom stereocenters. The van der Waals surface area contributed by atoms with Crippen LogP contribution in [-0.2, 0) is 9.59 Å². The van der Waals surface area contributed by atoms with Crippen molar-refractivity contribution in [2.75, 3.05) is 30.8 Å². The van der Waals surface area contributed by atoms with Crippen LogP contribution < -0.4 is 20.9 Å². The van der Waals surface area contributed by atoms with E-state index in [1.165, 1.54) is 18.2 Å². The predicted molar refractivity (Wildman–Crippen MR) is 100 cm³/mol. The number of benzene rings is 2. The van der Waals surface area contributed by atoms with Gasteiger partial charge in [-0.05, 0) is 24.3 Å². The van der Waals surface area contributed by atoms with E-state index in [2.05, 4.69) is 16.0 Å². The Hall–Kier alpha value is -2.97. The Morgan fingerprint density at radius 1 is 0.926 bits per heavy atom. The van der Waals surface area contributed by atoms with Crippen LogP contribution in [0.15, 0.2) is 48.5 Å². The van der Waals surface area contributed by atoms with Gasteiger partial charge in [0, 0.05) is 0 Å². The first kappa shape index (κ1) is 20.3. The fourth-order valence-electron chi connectivity index (χ4n) is 2.25. The quantitative estimate of drug-likeness (QED) is 0.596. The molecular weight excluding hydrogens is 375 g/mol. The summed E-state index contributed by atoms with van der Waals surface area (Å²) in [6.07, 6.45) is 0. The number of rotatable bonds is 6. The van der Waals surface area contributed by atoms with E-state index >= 15 is 0 Å². The molecule has 4 N–H and O–H groups in total. The highest BCUT2D eigenvalue weighted by Crippen LogP contribution is 2.19. The number of quaternary nitrogens is 1. The molecular formula is C18H19ClFN4O3+. The maximum atomic E-state index is 13.5. The molecule has 0 saturated carbocycles. The summed E-state index contributed by atoms with van der Waals surface area (Å²) in [6.45, 7) is -0.131. The Morgan fingerprint density at radius 2 is 1.52 bits per heavy atom. The fraction of sp³-hybridized carbons (Fsp3) is 0.167. The van der Waals surface area contributed by atoms with Crippen molar-refractivity contribution in [3.8, 4) is 0 Å². The van der Waals surface area contributed by atoms with Crippen LogP contribution in [0.25, 0.3) is 0 Å². The Kier molecular flexibility index (Phi) is 7.27. The summed E-state index contributed by atoms with van der Waals surface area (Å²) in [6, 6.07) is 11.5. The van der Waals surface area contributed by atoms with Crippen LogP contribution in [0.5, 0.6) is 0 Å². The van der Waals surface area contributed by atoms with Gasteiger partial charge >= 0.3 is 6.03 Å². The average molecular weight is 394 g/mol. The molecule has 0 aliphatic carbocycles. The average Bonchev–Trinajstić information content (AvgIpc) is 2.58. The van der Waals surface area contributed by atoms with Crippen LogP contribution >= 0.6 is 11.6 Å². The van der Waals surface area contributed by atoms with Crippen LogP contribution in [0.2, 0.25) is 5.02 Å². The van der Waals surface area contributed by atoms with Crippen molar-refractivity contribution in [2.45, 2.75) is 0 Å². The van der Waals surface area contributed by atoms with Gasteiger partial charge in [0.25, 0.3) is 11.8 Å². The highest BCUT2D eigenvalue weighted by molar-refractivity contribution is 6.33. The summed E-state index contributed by atoms with van der Waals surface area (Å²) in [7, 11) is 1.63. The minimum atomic E-state index is -0.849. The van der Waals surface area contributed by atoms with Gasteiger partial charge in [-0.25, -0.2) is 9.18 Å². The first-order valence-electron chi connectivity index (χ1n) is 8.06. The second kappa shape index (κ2) is 9.65. The molecule has 0 aromatic heterocycles. The van der Waals surface area contributed by atoms with Crippen LogP contribution in [-0.4, -0.2) is 38.0 Å². The Balaban J connectivity index is 1.77. The molecule has 0 fully saturated rings. The van der Waals surface area contributed by atoms with Crippen LogP contribution in [0, 0.1) is 5.82 Å². The molecule has 0 radical (unpaired) electrons. The third kappa shape index (κ3) is 6.69. The molecule has 1 atom stereocenters. The summed E-state index contributed by atoms with van der Waals surface area (Å²) in [5.41, 5.74) is 0.438. The summed E-state index contributed by atoms with van der Waals surface area (Å²) in [4.78, 5) is 36.2. The second-order valence-electron chi connectivity index (χ2n) is 5.82. The molecule has 0 aliphatic rings. The van der Waals surface area contributed by atoms with Crippen molar-refractivity contribution in [3.63, 3.8) is 0 Å². The van der Waals surface area contributed by atoms with E-state index in [1.807, 2.05) is 0 Å². The molecule has 27 heavy (non-hydrogen) atoms. The summed E-state index contributed by atoms with van der Waals surface area (Å²) >= 11 is 5.97. The highest BCUT2D eigenvalue weighted by Gasteiger charge is 2.17. The van der Waals surface area contributed by atoms with Gasteiger partial charge in [0.1, 0.15) is 5.82 Å². The van der Waals surface area contributed by atoms with E-state index in [-0.39, 0.29) is 24.7 Å². The lowest BCUT2D eigenvalue weighted by molar-refractivity contribution is -0.862. The molecule has 2 rings (SSSR count). The zero-order chi connectivity index (χ0) is 19.8. The van der Waals surface area contributed by atoms with Gasteiger partial charge in [-0.2, -0.15) is 0 Å². The maximum absolute atomic E-state index is 13.5. The van der Waals surface area contributed by atoms with Gasteiger partial charge in [0.2, 0.25) is 0 Å². The van der Waals surface area contributed by atoms with E-state index < -0.39 is 17.8 Å². The predicted octanol–water partition coefficient (Wildman–Crippen LogP) is 1.28. The van der Waals surface area contributed by atoms with Crippen molar-refractivity contribution < 1.29 is 23.7 Å². The number of halogens is 2. The molecule has 0 spiro atoms. The number of para-hydroxylation sites is 2. The fourth-order valence-corrected chi connectivity index (χ4v) is 2.44. The second-order valence-corrected chi connectivity index (χ2v) is 6.23. The van der Waals surface area contributed by atoms with Gasteiger partial charge in [-0.1, -0.05) is 35.9 Å². The minimum Gasteiger partial charge on any atom is -0.322 e. The number of imide groups is 1. The molecule has 4 amide bonds. The normalized spacial score (nSPS) is 11.4. The van der Waals surface area contributed by atoms with Crippen molar-refractivity contribution in [1.29, 1.82) is 0 Å². The van der Waals surface area contributed by atoms with Gasteiger partial charge in [-0.15, -0.1) is 0 Å². The number of carbonyl (C=O) groups excluding carboxylic acids is 3. The smallest absolute Gasteiger partial charge is 0.322 e. The molecule has 2 aromatic carbocycles. The number of carbonyl (C=O) groups is 3. The molecule has 0 heterocycles. The van der Waals surface area contributed by atoms with Crippen molar-refractivity contribution >= 4 is 40.8 Å². The zero-order valence-corrected chi connectivity index (χ0v) is 15.3. The van der Waals surface area contributed by atoms with E-state index in [0.717, 1.165) is 0 Å².